The van der Waals surface area contributed by atoms with E-state index in [0.717, 1.165) is 114 Å². The van der Waals surface area contributed by atoms with Crippen LogP contribution in [0.25, 0.3) is 62.4 Å². The number of carbonyl (C=O) groups excluding carboxylic acids is 5. The average molecular weight is 1360 g/mol. The van der Waals surface area contributed by atoms with Crippen LogP contribution in [-0.4, -0.2) is 137 Å². The summed E-state index contributed by atoms with van der Waals surface area (Å²) in [5.41, 5.74) is 8.56. The summed E-state index contributed by atoms with van der Waals surface area (Å²) in [5, 5.41) is 17.9. The van der Waals surface area contributed by atoms with Gasteiger partial charge in [-0.1, -0.05) is 63.2 Å². The van der Waals surface area contributed by atoms with E-state index in [-0.39, 0.29) is 29.9 Å². The summed E-state index contributed by atoms with van der Waals surface area (Å²) in [6.07, 6.45) is 5.15. The van der Waals surface area contributed by atoms with Crippen molar-refractivity contribution >= 4 is 144 Å². The summed E-state index contributed by atoms with van der Waals surface area (Å²) >= 11 is 9.66. The normalized spacial score (nSPS) is 13.6. The molecule has 12 rings (SSSR count). The van der Waals surface area contributed by atoms with Gasteiger partial charge in [-0.3, -0.25) is 14.4 Å². The van der Waals surface area contributed by atoms with Crippen LogP contribution in [0.4, 0.5) is 24.6 Å². The first kappa shape index (κ1) is 69.3. The van der Waals surface area contributed by atoms with Crippen LogP contribution < -0.4 is 21.3 Å². The largest absolute Gasteiger partial charge is 0.444 e. The summed E-state index contributed by atoms with van der Waals surface area (Å²) < 4.78 is 14.5. The molecule has 24 heteroatoms. The molecule has 0 aliphatic carbocycles. The first-order valence-corrected chi connectivity index (χ1v) is 35.8. The summed E-state index contributed by atoms with van der Waals surface area (Å²) in [7, 11) is 7.87. The minimum absolute atomic E-state index is 0.0198. The molecular formula is C68H83N11O7S6. The second-order valence-electron chi connectivity index (χ2n) is 24.9. The lowest BCUT2D eigenvalue weighted by atomic mass is 10.0. The Morgan fingerprint density at radius 3 is 1.27 bits per heavy atom. The number of carbonyl (C=O) groups is 5. The zero-order valence-corrected chi connectivity index (χ0v) is 59.4. The van der Waals surface area contributed by atoms with Crippen molar-refractivity contribution in [2.24, 2.45) is 0 Å². The number of benzene rings is 3. The highest BCUT2D eigenvalue weighted by atomic mass is 32.1. The minimum Gasteiger partial charge on any atom is -0.444 e. The molecule has 3 aliphatic heterocycles. The second-order valence-corrected chi connectivity index (χ2v) is 31.3. The monoisotopic (exact) mass is 1360 g/mol. The summed E-state index contributed by atoms with van der Waals surface area (Å²) in [5.74, 6) is -0.221. The molecule has 9 heterocycles. The predicted molar refractivity (Wildman–Crippen MR) is 383 cm³/mol. The van der Waals surface area contributed by atoms with Crippen LogP contribution >= 0.6 is 68.0 Å². The molecule has 0 saturated carbocycles. The molecule has 3 aliphatic rings. The Morgan fingerprint density at radius 1 is 0.554 bits per heavy atom. The SMILES string of the molecule is C=CC(=O)Nc1sc2c(c1-c1nc3ccccc3s1)CCN(C(=O)OC(C)(C)C)C2.CCC.CN(C)CCC(=O)Nc1sc2c(c1-c1nc3ccccc3s1)CCN(C(=O)OC(C)(C)C)C2.CN(C)CCC(=O)Nc1sc2c(c1-c1nc3ccccc3s1)CCNC2. The van der Waals surface area contributed by atoms with E-state index in [1.54, 1.807) is 66.5 Å². The molecule has 6 aromatic heterocycles. The van der Waals surface area contributed by atoms with Gasteiger partial charge in [-0.2, -0.15) is 0 Å². The first-order chi connectivity index (χ1) is 43.9. The fourth-order valence-electron chi connectivity index (χ4n) is 10.2. The van der Waals surface area contributed by atoms with Gasteiger partial charge >= 0.3 is 12.2 Å². The minimum atomic E-state index is -0.540. The maximum Gasteiger partial charge on any atom is 0.410 e. The third kappa shape index (κ3) is 17.8. The molecular weight excluding hydrogens is 1280 g/mol. The number of nitrogens with zero attached hydrogens (tertiary/aromatic N) is 7. The van der Waals surface area contributed by atoms with Crippen LogP contribution in [0.15, 0.2) is 85.5 Å². The summed E-state index contributed by atoms with van der Waals surface area (Å²) in [6, 6.07) is 24.3. The molecule has 18 nitrogen and oxygen atoms in total. The van der Waals surface area contributed by atoms with Crippen molar-refractivity contribution in [3.63, 3.8) is 0 Å². The molecule has 0 atom stereocenters. The van der Waals surface area contributed by atoms with Crippen LogP contribution in [-0.2, 0) is 62.8 Å². The van der Waals surface area contributed by atoms with E-state index in [2.05, 4.69) is 53.8 Å². The summed E-state index contributed by atoms with van der Waals surface area (Å²) in [6.45, 7) is 24.3. The molecule has 4 N–H and O–H groups in total. The molecule has 9 aromatic rings. The standard InChI is InChI=1S/C24H30N4O3S2.C22H23N3O3S2.C19H22N4OS2.C3H8/c1-24(2,3)31-23(30)28-13-10-15-18(14-28)33-22(26-19(29)11-12-27(4)5)20(15)21-25-16-8-6-7-9-17(16)32-21;1-5-17(26)24-20-18(19-23-14-8-6-7-9-15(14)29-19)13-10-11-25(12-16(13)30-20)21(27)28-22(2,3)4;1-23(2)10-8-16(24)22-19-17(12-7-9-20-11-15(12)26-19)18-21-13-5-3-4-6-14(13)25-18;1-3-2/h6-9H,10-14H2,1-5H3,(H,26,29);5-9H,1,10-12H2,2-4H3,(H,24,26);3-6,20H,7-11H2,1-2H3,(H,22,24);3H2,1-2H3. The van der Waals surface area contributed by atoms with Crippen LogP contribution in [0.2, 0.25) is 0 Å². The molecule has 0 radical (unpaired) electrons. The number of anilines is 3. The van der Waals surface area contributed by atoms with Crippen molar-refractivity contribution in [2.45, 2.75) is 125 Å². The molecule has 3 aromatic carbocycles. The average Bonchev–Trinajstić information content (AvgIpc) is 1.63. The molecule has 0 unspecified atom stereocenters. The number of amides is 5. The Labute approximate surface area is 563 Å². The van der Waals surface area contributed by atoms with E-state index in [0.29, 0.717) is 58.4 Å². The lowest BCUT2D eigenvalue weighted by Crippen LogP contribution is -2.39. The topological polar surface area (TPSA) is 204 Å². The van der Waals surface area contributed by atoms with Crippen LogP contribution in [0.3, 0.4) is 0 Å². The fourth-order valence-corrected chi connectivity index (χ4v) is 17.3. The maximum atomic E-state index is 12.7. The third-order valence-electron chi connectivity index (χ3n) is 14.4. The van der Waals surface area contributed by atoms with Gasteiger partial charge in [0.2, 0.25) is 17.7 Å². The number of thiazole rings is 3. The Hall–Kier alpha value is -7.00. The second kappa shape index (κ2) is 30.8. The number of ether oxygens (including phenoxy) is 2. The van der Waals surface area contributed by atoms with E-state index in [1.165, 1.54) is 44.5 Å². The van der Waals surface area contributed by atoms with Gasteiger partial charge in [-0.05, 0) is 155 Å². The highest BCUT2D eigenvalue weighted by Crippen LogP contribution is 2.49. The lowest BCUT2D eigenvalue weighted by molar-refractivity contribution is -0.117. The number of nitrogens with one attached hydrogen (secondary N) is 4. The van der Waals surface area contributed by atoms with E-state index < -0.39 is 11.2 Å². The van der Waals surface area contributed by atoms with Gasteiger partial charge in [0.25, 0.3) is 0 Å². The smallest absolute Gasteiger partial charge is 0.410 e. The highest BCUT2D eigenvalue weighted by molar-refractivity contribution is 7.24. The quantitative estimate of drug-likeness (QED) is 0.0795. The van der Waals surface area contributed by atoms with Crippen molar-refractivity contribution in [1.29, 1.82) is 0 Å². The van der Waals surface area contributed by atoms with Gasteiger partial charge in [0.15, 0.2) is 0 Å². The molecule has 0 fully saturated rings. The third-order valence-corrected chi connectivity index (χ3v) is 20.9. The predicted octanol–water partition coefficient (Wildman–Crippen LogP) is 15.6. The van der Waals surface area contributed by atoms with Crippen molar-refractivity contribution in [3.05, 3.63) is 117 Å². The number of para-hydroxylation sites is 3. The Kier molecular flexibility index (Phi) is 23.2. The highest BCUT2D eigenvalue weighted by Gasteiger charge is 2.34. The van der Waals surface area contributed by atoms with Gasteiger partial charge in [0.1, 0.15) is 41.2 Å². The van der Waals surface area contributed by atoms with Crippen LogP contribution in [0.5, 0.6) is 0 Å². The van der Waals surface area contributed by atoms with Gasteiger partial charge < -0.3 is 50.3 Å². The Balaban J connectivity index is 0.000000160. The van der Waals surface area contributed by atoms with Crippen molar-refractivity contribution in [2.75, 3.05) is 76.9 Å². The van der Waals surface area contributed by atoms with E-state index >= 15 is 0 Å². The first-order valence-electron chi connectivity index (χ1n) is 30.9. The van der Waals surface area contributed by atoms with Crippen molar-refractivity contribution < 1.29 is 33.4 Å². The number of hydrogen-bond acceptors (Lipinski definition) is 19. The summed E-state index contributed by atoms with van der Waals surface area (Å²) in [4.78, 5) is 87.8. The van der Waals surface area contributed by atoms with Crippen molar-refractivity contribution in [3.8, 4) is 31.7 Å². The van der Waals surface area contributed by atoms with Gasteiger partial charge in [0, 0.05) is 76.9 Å². The molecule has 0 spiro atoms. The zero-order chi connectivity index (χ0) is 66.0. The number of aromatic nitrogens is 3. The molecule has 0 bridgehead atoms. The molecule has 0 saturated heterocycles. The van der Waals surface area contributed by atoms with Crippen LogP contribution in [0.1, 0.15) is 106 Å². The Bertz CT molecular complexity index is 4000. The zero-order valence-electron chi connectivity index (χ0n) is 54.5. The maximum absolute atomic E-state index is 12.7. The Morgan fingerprint density at radius 2 is 0.913 bits per heavy atom. The number of hydrogen-bond donors (Lipinski definition) is 4. The van der Waals surface area contributed by atoms with Gasteiger partial charge in [0.05, 0.1) is 43.7 Å². The lowest BCUT2D eigenvalue weighted by Gasteiger charge is -2.30. The van der Waals surface area contributed by atoms with E-state index in [4.69, 9.17) is 24.4 Å². The van der Waals surface area contributed by atoms with Gasteiger partial charge in [-0.15, -0.1) is 68.0 Å². The molecule has 488 valence electrons. The van der Waals surface area contributed by atoms with Crippen LogP contribution in [0, 0.1) is 0 Å². The van der Waals surface area contributed by atoms with Gasteiger partial charge in [-0.25, -0.2) is 24.5 Å². The number of fused-ring (bicyclic) bond motifs is 6. The van der Waals surface area contributed by atoms with E-state index in [9.17, 15) is 24.0 Å². The molecule has 92 heavy (non-hydrogen) atoms. The van der Waals surface area contributed by atoms with Crippen molar-refractivity contribution in [1.82, 2.24) is 39.9 Å². The van der Waals surface area contributed by atoms with E-state index in [1.807, 2.05) is 140 Å². The number of thiophene rings is 3. The molecule has 5 amide bonds. The number of rotatable bonds is 13. The fraction of sp³-hybridized carbons (Fsp3) is 0.412.